The van der Waals surface area contributed by atoms with Gasteiger partial charge in [0.05, 0.1) is 18.4 Å². The Morgan fingerprint density at radius 3 is 2.88 bits per heavy atom. The third-order valence-electron chi connectivity index (χ3n) is 3.72. The molecule has 0 fully saturated rings. The fourth-order valence-electron chi connectivity index (χ4n) is 2.51. The van der Waals surface area contributed by atoms with Gasteiger partial charge in [-0.1, -0.05) is 6.07 Å². The molecule has 0 saturated heterocycles. The number of hydrogen-bond donors (Lipinski definition) is 1. The van der Waals surface area contributed by atoms with Crippen molar-refractivity contribution in [2.45, 2.75) is 18.7 Å². The predicted octanol–water partition coefficient (Wildman–Crippen LogP) is 2.97. The van der Waals surface area contributed by atoms with Gasteiger partial charge in [0.2, 0.25) is 5.72 Å². The summed E-state index contributed by atoms with van der Waals surface area (Å²) in [5.74, 6) is -0.960. The van der Waals surface area contributed by atoms with Crippen LogP contribution < -0.4 is 5.32 Å². The average molecular weight is 336 g/mol. The summed E-state index contributed by atoms with van der Waals surface area (Å²) in [6.07, 6.45) is 3.60. The summed E-state index contributed by atoms with van der Waals surface area (Å²) in [5.41, 5.74) is -0.944. The van der Waals surface area contributed by atoms with E-state index in [1.165, 1.54) is 19.5 Å². The van der Waals surface area contributed by atoms with Crippen molar-refractivity contribution in [1.82, 2.24) is 15.1 Å². The molecule has 2 heterocycles. The molecule has 3 rings (SSSR count). The van der Waals surface area contributed by atoms with Crippen LogP contribution >= 0.6 is 0 Å². The number of hydrogen-bond acceptors (Lipinski definition) is 4. The number of aromatic nitrogens is 2. The maximum atomic E-state index is 13.5. The predicted molar refractivity (Wildman–Crippen MR) is 82.0 cm³/mol. The van der Waals surface area contributed by atoms with E-state index in [0.29, 0.717) is 12.1 Å². The fourth-order valence-corrected chi connectivity index (χ4v) is 2.51. The second-order valence-corrected chi connectivity index (χ2v) is 5.21. The van der Waals surface area contributed by atoms with Crippen molar-refractivity contribution in [2.24, 2.45) is 4.99 Å². The molecule has 1 atom stereocenters. The van der Waals surface area contributed by atoms with Gasteiger partial charge in [0.15, 0.2) is 0 Å². The normalized spacial score (nSPS) is 20.1. The van der Waals surface area contributed by atoms with E-state index in [1.807, 2.05) is 0 Å². The van der Waals surface area contributed by atoms with Gasteiger partial charge in [-0.2, -0.15) is 5.10 Å². The molecule has 5 nitrogen and oxygen atoms in total. The van der Waals surface area contributed by atoms with Gasteiger partial charge < -0.3 is 10.1 Å². The molecule has 0 spiro atoms. The molecule has 1 unspecified atom stereocenters. The van der Waals surface area contributed by atoms with E-state index in [9.17, 15) is 13.2 Å². The number of nitrogens with one attached hydrogen (secondary N) is 1. The lowest BCUT2D eigenvalue weighted by molar-refractivity contribution is 0.0345. The highest BCUT2D eigenvalue weighted by atomic mass is 19.3. The minimum absolute atomic E-state index is 0.317. The summed E-state index contributed by atoms with van der Waals surface area (Å²) in [5, 5.41) is 7.08. The summed E-state index contributed by atoms with van der Waals surface area (Å²) in [6, 6.07) is 5.25. The maximum Gasteiger partial charge on any atom is 0.266 e. The Kier molecular flexibility index (Phi) is 4.39. The van der Waals surface area contributed by atoms with Crippen LogP contribution in [0.15, 0.2) is 53.4 Å². The van der Waals surface area contributed by atoms with Crippen LogP contribution in [0, 0.1) is 5.82 Å². The van der Waals surface area contributed by atoms with Crippen LogP contribution in [0.1, 0.15) is 17.6 Å². The van der Waals surface area contributed by atoms with Crippen LogP contribution in [-0.4, -0.2) is 23.2 Å². The molecule has 2 aromatic rings. The lowest BCUT2D eigenvalue weighted by Gasteiger charge is -2.30. The number of methoxy groups -OCH3 is 1. The summed E-state index contributed by atoms with van der Waals surface area (Å²) in [4.78, 5) is 4.23. The van der Waals surface area contributed by atoms with E-state index in [0.717, 1.165) is 17.8 Å². The Hall–Kier alpha value is -2.61. The van der Waals surface area contributed by atoms with Gasteiger partial charge in [0.1, 0.15) is 5.82 Å². The zero-order valence-corrected chi connectivity index (χ0v) is 12.8. The number of aliphatic imine (C=N–C) groups is 1. The van der Waals surface area contributed by atoms with Crippen LogP contribution in [0.25, 0.3) is 0 Å². The number of ether oxygens (including phenoxy) is 1. The van der Waals surface area contributed by atoms with E-state index in [2.05, 4.69) is 15.4 Å². The number of benzene rings is 1. The Morgan fingerprint density at radius 1 is 1.38 bits per heavy atom. The highest BCUT2D eigenvalue weighted by Crippen LogP contribution is 2.34. The van der Waals surface area contributed by atoms with Gasteiger partial charge >= 0.3 is 0 Å². The number of rotatable bonds is 5. The minimum atomic E-state index is -2.92. The molecule has 1 aromatic heterocycles. The monoisotopic (exact) mass is 336 g/mol. The van der Waals surface area contributed by atoms with E-state index >= 15 is 0 Å². The molecule has 0 amide bonds. The summed E-state index contributed by atoms with van der Waals surface area (Å²) in [6.45, 7) is 0.424. The van der Waals surface area contributed by atoms with Gasteiger partial charge in [0, 0.05) is 30.8 Å². The Balaban J connectivity index is 1.99. The number of allylic oxidation sites excluding steroid dienone is 1. The second kappa shape index (κ2) is 6.48. The van der Waals surface area contributed by atoms with Crippen LogP contribution in [0.2, 0.25) is 0 Å². The average Bonchev–Trinajstić information content (AvgIpc) is 3.08. The number of halogens is 3. The lowest BCUT2D eigenvalue weighted by Crippen LogP contribution is -2.33. The summed E-state index contributed by atoms with van der Waals surface area (Å²) in [7, 11) is 1.41. The van der Waals surface area contributed by atoms with Gasteiger partial charge in [0.25, 0.3) is 6.43 Å². The second-order valence-electron chi connectivity index (χ2n) is 5.21. The van der Waals surface area contributed by atoms with Crippen molar-refractivity contribution in [3.8, 4) is 0 Å². The molecule has 8 heteroatoms. The molecule has 24 heavy (non-hydrogen) atoms. The third kappa shape index (κ3) is 3.05. The van der Waals surface area contributed by atoms with Crippen molar-refractivity contribution in [1.29, 1.82) is 0 Å². The standard InChI is InChI=1S/C16H15F3N4O/c1-24-16(11-3-4-14(17)13(7-11)15(18)19)8-12(20-10-21-16)9-23-6-2-5-22-23/h2-8,10,15H,9H2,1H3,(H,20,21). The van der Waals surface area contributed by atoms with Crippen molar-refractivity contribution >= 4 is 6.34 Å². The van der Waals surface area contributed by atoms with Crippen molar-refractivity contribution < 1.29 is 17.9 Å². The van der Waals surface area contributed by atoms with E-state index in [4.69, 9.17) is 4.74 Å². The summed E-state index contributed by atoms with van der Waals surface area (Å²) >= 11 is 0. The van der Waals surface area contributed by atoms with Gasteiger partial charge in [-0.05, 0) is 24.3 Å². The van der Waals surface area contributed by atoms with Crippen molar-refractivity contribution in [3.63, 3.8) is 0 Å². The Bertz CT molecular complexity index is 774. The molecule has 1 aromatic carbocycles. The SMILES string of the molecule is COC1(c2ccc(F)c(C(F)F)c2)C=C(Cn2cccn2)NC=N1. The molecular formula is C16H15F3N4O. The molecule has 0 aliphatic carbocycles. The molecule has 0 bridgehead atoms. The van der Waals surface area contributed by atoms with E-state index < -0.39 is 23.5 Å². The van der Waals surface area contributed by atoms with E-state index in [1.54, 1.807) is 29.2 Å². The lowest BCUT2D eigenvalue weighted by atomic mass is 9.98. The number of nitrogens with zero attached hydrogens (tertiary/aromatic N) is 3. The highest BCUT2D eigenvalue weighted by molar-refractivity contribution is 5.61. The zero-order chi connectivity index (χ0) is 17.2. The molecule has 0 radical (unpaired) electrons. The fraction of sp³-hybridized carbons (Fsp3) is 0.250. The first-order valence-electron chi connectivity index (χ1n) is 7.17. The third-order valence-corrected chi connectivity index (χ3v) is 3.72. The van der Waals surface area contributed by atoms with Gasteiger partial charge in [-0.3, -0.25) is 4.68 Å². The minimum Gasteiger partial charge on any atom is -0.350 e. The molecule has 126 valence electrons. The largest absolute Gasteiger partial charge is 0.350 e. The Morgan fingerprint density at radius 2 is 2.21 bits per heavy atom. The highest BCUT2D eigenvalue weighted by Gasteiger charge is 2.33. The van der Waals surface area contributed by atoms with Crippen LogP contribution in [0.4, 0.5) is 13.2 Å². The van der Waals surface area contributed by atoms with Gasteiger partial charge in [-0.25, -0.2) is 18.2 Å². The topological polar surface area (TPSA) is 51.4 Å². The number of alkyl halides is 2. The van der Waals surface area contributed by atoms with Crippen molar-refractivity contribution in [2.75, 3.05) is 7.11 Å². The summed E-state index contributed by atoms with van der Waals surface area (Å²) < 4.78 is 46.7. The Labute approximate surface area is 136 Å². The van der Waals surface area contributed by atoms with Crippen LogP contribution in [-0.2, 0) is 17.0 Å². The smallest absolute Gasteiger partial charge is 0.266 e. The molecule has 1 N–H and O–H groups in total. The quantitative estimate of drug-likeness (QED) is 0.913. The van der Waals surface area contributed by atoms with Crippen LogP contribution in [0.3, 0.4) is 0 Å². The first kappa shape index (κ1) is 16.3. The maximum absolute atomic E-state index is 13.5. The molecule has 0 saturated carbocycles. The van der Waals surface area contributed by atoms with Crippen molar-refractivity contribution in [3.05, 3.63) is 65.4 Å². The van der Waals surface area contributed by atoms with E-state index in [-0.39, 0.29) is 0 Å². The first-order valence-corrected chi connectivity index (χ1v) is 7.17. The zero-order valence-electron chi connectivity index (χ0n) is 12.8. The first-order chi connectivity index (χ1) is 11.5. The van der Waals surface area contributed by atoms with Gasteiger partial charge in [-0.15, -0.1) is 0 Å². The molecule has 1 aliphatic rings. The molecule has 1 aliphatic heterocycles. The van der Waals surface area contributed by atoms with Crippen LogP contribution in [0.5, 0.6) is 0 Å². The molecular weight excluding hydrogens is 321 g/mol.